The molecule has 2 rings (SSSR count). The number of hydrogen-bond acceptors (Lipinski definition) is 6. The van der Waals surface area contributed by atoms with Crippen molar-refractivity contribution in [3.05, 3.63) is 11.8 Å². The summed E-state index contributed by atoms with van der Waals surface area (Å²) in [5, 5.41) is 8.80. The Labute approximate surface area is 111 Å². The molecule has 0 radical (unpaired) electrons. The fourth-order valence-electron chi connectivity index (χ4n) is 1.99. The van der Waals surface area contributed by atoms with Crippen molar-refractivity contribution < 1.29 is 19.4 Å². The molecule has 0 amide bonds. The fourth-order valence-corrected chi connectivity index (χ4v) is 1.99. The van der Waals surface area contributed by atoms with E-state index in [0.717, 1.165) is 5.69 Å². The van der Waals surface area contributed by atoms with Crippen molar-refractivity contribution in [1.29, 1.82) is 0 Å². The molecular weight excluding hydrogens is 250 g/mol. The number of ether oxygens (including phenoxy) is 2. The number of methoxy groups -OCH3 is 1. The molecule has 1 aliphatic heterocycles. The highest BCUT2D eigenvalue weighted by molar-refractivity contribution is 5.67. The second-order valence-corrected chi connectivity index (χ2v) is 4.39. The molecule has 1 aromatic heterocycles. The molecule has 1 atom stereocenters. The van der Waals surface area contributed by atoms with Gasteiger partial charge in [0.2, 0.25) is 11.8 Å². The van der Waals surface area contributed by atoms with Crippen LogP contribution in [0.5, 0.6) is 5.88 Å². The SMILES string of the molecule is COc1cc(C)nc(N2CCOC(CC(=O)O)C2)n1. The number of aliphatic carboxylic acids is 1. The van der Waals surface area contributed by atoms with Crippen LogP contribution in [0.3, 0.4) is 0 Å². The lowest BCUT2D eigenvalue weighted by Gasteiger charge is -2.32. The van der Waals surface area contributed by atoms with Crippen LogP contribution in [0.1, 0.15) is 12.1 Å². The Morgan fingerprint density at radius 1 is 1.63 bits per heavy atom. The first-order chi connectivity index (χ1) is 9.08. The molecule has 19 heavy (non-hydrogen) atoms. The van der Waals surface area contributed by atoms with Gasteiger partial charge in [0.25, 0.3) is 0 Å². The van der Waals surface area contributed by atoms with Crippen molar-refractivity contribution in [1.82, 2.24) is 9.97 Å². The number of morpholine rings is 1. The molecule has 1 aromatic rings. The Balaban J connectivity index is 2.12. The van der Waals surface area contributed by atoms with Gasteiger partial charge in [-0.1, -0.05) is 0 Å². The molecule has 1 saturated heterocycles. The van der Waals surface area contributed by atoms with Gasteiger partial charge < -0.3 is 19.5 Å². The maximum atomic E-state index is 10.7. The summed E-state index contributed by atoms with van der Waals surface area (Å²) in [5.41, 5.74) is 0.808. The van der Waals surface area contributed by atoms with E-state index in [9.17, 15) is 4.79 Å². The number of carboxylic acids is 1. The summed E-state index contributed by atoms with van der Waals surface area (Å²) >= 11 is 0. The van der Waals surface area contributed by atoms with E-state index in [1.165, 1.54) is 0 Å². The molecule has 104 valence electrons. The zero-order valence-electron chi connectivity index (χ0n) is 11.0. The summed E-state index contributed by atoms with van der Waals surface area (Å²) in [7, 11) is 1.55. The lowest BCUT2D eigenvalue weighted by Crippen LogP contribution is -2.44. The van der Waals surface area contributed by atoms with Crippen molar-refractivity contribution in [2.24, 2.45) is 0 Å². The molecule has 1 aliphatic rings. The van der Waals surface area contributed by atoms with Crippen molar-refractivity contribution in [2.45, 2.75) is 19.4 Å². The molecule has 0 aromatic carbocycles. The first-order valence-corrected chi connectivity index (χ1v) is 6.06. The van der Waals surface area contributed by atoms with Gasteiger partial charge in [0.05, 0.1) is 26.2 Å². The summed E-state index contributed by atoms with van der Waals surface area (Å²) in [5.74, 6) is 0.189. The van der Waals surface area contributed by atoms with Crippen molar-refractivity contribution >= 4 is 11.9 Å². The largest absolute Gasteiger partial charge is 0.481 e. The zero-order chi connectivity index (χ0) is 13.8. The molecule has 7 nitrogen and oxygen atoms in total. The highest BCUT2D eigenvalue weighted by Crippen LogP contribution is 2.18. The molecular formula is C12H17N3O4. The average molecular weight is 267 g/mol. The lowest BCUT2D eigenvalue weighted by molar-refractivity contribution is -0.140. The van der Waals surface area contributed by atoms with Crippen LogP contribution >= 0.6 is 0 Å². The zero-order valence-corrected chi connectivity index (χ0v) is 11.0. The Hall–Kier alpha value is -1.89. The third kappa shape index (κ3) is 3.54. The van der Waals surface area contributed by atoms with Gasteiger partial charge in [0.1, 0.15) is 0 Å². The van der Waals surface area contributed by atoms with E-state index in [4.69, 9.17) is 14.6 Å². The van der Waals surface area contributed by atoms with Crippen molar-refractivity contribution in [2.75, 3.05) is 31.7 Å². The van der Waals surface area contributed by atoms with Crippen LogP contribution in [-0.2, 0) is 9.53 Å². The second-order valence-electron chi connectivity index (χ2n) is 4.39. The number of carbonyl (C=O) groups is 1. The van der Waals surface area contributed by atoms with Gasteiger partial charge in [0, 0.05) is 24.8 Å². The fraction of sp³-hybridized carbons (Fsp3) is 0.583. The molecule has 0 saturated carbocycles. The maximum Gasteiger partial charge on any atom is 0.306 e. The van der Waals surface area contributed by atoms with Crippen LogP contribution in [-0.4, -0.2) is 54.0 Å². The highest BCUT2D eigenvalue weighted by Gasteiger charge is 2.24. The minimum Gasteiger partial charge on any atom is -0.481 e. The van der Waals surface area contributed by atoms with Gasteiger partial charge in [-0.2, -0.15) is 4.98 Å². The van der Waals surface area contributed by atoms with E-state index in [2.05, 4.69) is 9.97 Å². The molecule has 1 N–H and O–H groups in total. The third-order valence-corrected chi connectivity index (χ3v) is 2.85. The number of rotatable bonds is 4. The Kier molecular flexibility index (Phi) is 4.16. The van der Waals surface area contributed by atoms with E-state index in [0.29, 0.717) is 31.5 Å². The van der Waals surface area contributed by atoms with Gasteiger partial charge in [0.15, 0.2) is 0 Å². The van der Waals surface area contributed by atoms with Crippen LogP contribution in [0.25, 0.3) is 0 Å². The predicted octanol–water partition coefficient (Wildman–Crippen LogP) is 0.474. The minimum atomic E-state index is -0.866. The van der Waals surface area contributed by atoms with Crippen molar-refractivity contribution in [3.8, 4) is 5.88 Å². The highest BCUT2D eigenvalue weighted by atomic mass is 16.5. The first kappa shape index (κ1) is 13.5. The number of carboxylic acid groups (broad SMARTS) is 1. The summed E-state index contributed by atoms with van der Waals surface area (Å²) in [6.07, 6.45) is -0.347. The Bertz CT molecular complexity index is 466. The van der Waals surface area contributed by atoms with Gasteiger partial charge in [-0.15, -0.1) is 0 Å². The Morgan fingerprint density at radius 3 is 3.11 bits per heavy atom. The summed E-state index contributed by atoms with van der Waals surface area (Å²) < 4.78 is 10.5. The van der Waals surface area contributed by atoms with Crippen LogP contribution in [0.4, 0.5) is 5.95 Å². The lowest BCUT2D eigenvalue weighted by atomic mass is 10.2. The summed E-state index contributed by atoms with van der Waals surface area (Å²) in [6.45, 7) is 3.45. The first-order valence-electron chi connectivity index (χ1n) is 6.06. The number of aryl methyl sites for hydroxylation is 1. The molecule has 0 bridgehead atoms. The number of anilines is 1. The van der Waals surface area contributed by atoms with Gasteiger partial charge in [-0.3, -0.25) is 4.79 Å². The van der Waals surface area contributed by atoms with E-state index in [-0.39, 0.29) is 12.5 Å². The third-order valence-electron chi connectivity index (χ3n) is 2.85. The van der Waals surface area contributed by atoms with Crippen molar-refractivity contribution in [3.63, 3.8) is 0 Å². The average Bonchev–Trinajstić information content (AvgIpc) is 2.37. The summed E-state index contributed by atoms with van der Waals surface area (Å²) in [6, 6.07) is 1.75. The number of hydrogen-bond donors (Lipinski definition) is 1. The molecule has 1 fully saturated rings. The predicted molar refractivity (Wildman–Crippen MR) is 67.5 cm³/mol. The quantitative estimate of drug-likeness (QED) is 0.848. The van der Waals surface area contributed by atoms with E-state index >= 15 is 0 Å². The number of nitrogens with zero attached hydrogens (tertiary/aromatic N) is 3. The van der Waals surface area contributed by atoms with Crippen LogP contribution in [0.15, 0.2) is 6.07 Å². The Morgan fingerprint density at radius 2 is 2.42 bits per heavy atom. The molecule has 2 heterocycles. The van der Waals surface area contributed by atoms with Crippen LogP contribution in [0, 0.1) is 6.92 Å². The van der Waals surface area contributed by atoms with E-state index in [1.807, 2.05) is 11.8 Å². The molecule has 0 aliphatic carbocycles. The molecule has 0 spiro atoms. The standard InChI is InChI=1S/C12H17N3O4/c1-8-5-10(18-2)14-12(13-8)15-3-4-19-9(7-15)6-11(16)17/h5,9H,3-4,6-7H2,1-2H3,(H,16,17). The minimum absolute atomic E-state index is 0.0144. The molecule has 1 unspecified atom stereocenters. The van der Waals surface area contributed by atoms with Gasteiger partial charge in [-0.25, -0.2) is 4.98 Å². The smallest absolute Gasteiger partial charge is 0.306 e. The molecule has 7 heteroatoms. The van der Waals surface area contributed by atoms with Gasteiger partial charge >= 0.3 is 5.97 Å². The summed E-state index contributed by atoms with van der Waals surface area (Å²) in [4.78, 5) is 21.3. The topological polar surface area (TPSA) is 84.8 Å². The normalized spacial score (nSPS) is 19.3. The second kappa shape index (κ2) is 5.83. The monoisotopic (exact) mass is 267 g/mol. The van der Waals surface area contributed by atoms with E-state index < -0.39 is 5.97 Å². The maximum absolute atomic E-state index is 10.7. The van der Waals surface area contributed by atoms with Gasteiger partial charge in [-0.05, 0) is 6.92 Å². The van der Waals surface area contributed by atoms with E-state index in [1.54, 1.807) is 13.2 Å². The van der Waals surface area contributed by atoms with Crippen LogP contribution < -0.4 is 9.64 Å². The van der Waals surface area contributed by atoms with Crippen LogP contribution in [0.2, 0.25) is 0 Å². The number of aromatic nitrogens is 2.